The summed E-state index contributed by atoms with van der Waals surface area (Å²) in [5.41, 5.74) is 13.2. The minimum atomic E-state index is -0.769. The zero-order valence-corrected chi connectivity index (χ0v) is 16.1. The van der Waals surface area contributed by atoms with Gasteiger partial charge in [-0.15, -0.1) is 0 Å². The van der Waals surface area contributed by atoms with E-state index in [9.17, 15) is 9.18 Å². The Balaban J connectivity index is 1.94. The summed E-state index contributed by atoms with van der Waals surface area (Å²) in [5, 5.41) is 6.15. The smallest absolute Gasteiger partial charge is 0.252 e. The Morgan fingerprint density at radius 2 is 1.96 bits per heavy atom. The molecule has 2 atom stereocenters. The number of nitrogens with two attached hydrogens (primary N) is 2. The van der Waals surface area contributed by atoms with E-state index >= 15 is 0 Å². The monoisotopic (exact) mass is 387 g/mol. The van der Waals surface area contributed by atoms with Crippen molar-refractivity contribution in [1.29, 1.82) is 0 Å². The van der Waals surface area contributed by atoms with Crippen molar-refractivity contribution in [2.24, 2.45) is 11.5 Å². The first-order chi connectivity index (χ1) is 13.4. The predicted molar refractivity (Wildman–Crippen MR) is 108 cm³/mol. The highest BCUT2D eigenvalue weighted by Gasteiger charge is 2.24. The van der Waals surface area contributed by atoms with Crippen molar-refractivity contribution in [2.75, 3.05) is 17.7 Å². The van der Waals surface area contributed by atoms with Crippen LogP contribution in [-0.2, 0) is 0 Å². The molecular formula is C20H26FN5O2. The number of hydrogen-bond acceptors (Lipinski definition) is 6. The lowest BCUT2D eigenvalue weighted by atomic mass is 9.91. The van der Waals surface area contributed by atoms with E-state index in [1.807, 2.05) is 19.1 Å². The number of ether oxygens (including phenoxy) is 1. The van der Waals surface area contributed by atoms with Crippen LogP contribution in [0.1, 0.15) is 41.6 Å². The molecule has 6 N–H and O–H groups in total. The van der Waals surface area contributed by atoms with Gasteiger partial charge in [0.1, 0.15) is 11.6 Å². The van der Waals surface area contributed by atoms with Crippen LogP contribution in [0.5, 0.6) is 5.75 Å². The zero-order chi connectivity index (χ0) is 20.3. The van der Waals surface area contributed by atoms with Gasteiger partial charge in [-0.05, 0) is 43.5 Å². The van der Waals surface area contributed by atoms with Crippen LogP contribution in [0.15, 0.2) is 24.3 Å². The van der Waals surface area contributed by atoms with Crippen molar-refractivity contribution < 1.29 is 13.9 Å². The number of aromatic nitrogens is 1. The lowest BCUT2D eigenvalue weighted by Gasteiger charge is -2.30. The molecule has 2 aromatic rings. The molecule has 0 radical (unpaired) electrons. The van der Waals surface area contributed by atoms with E-state index in [0.29, 0.717) is 11.4 Å². The second-order valence-electron chi connectivity index (χ2n) is 7.14. The molecule has 0 spiro atoms. The number of rotatable bonds is 6. The number of carbonyl (C=O) groups excluding carboxylic acids is 1. The first kappa shape index (κ1) is 19.9. The van der Waals surface area contributed by atoms with Crippen molar-refractivity contribution in [1.82, 2.24) is 4.98 Å². The number of amides is 1. The average molecular weight is 387 g/mol. The molecule has 150 valence electrons. The van der Waals surface area contributed by atoms with E-state index in [-0.39, 0.29) is 29.3 Å². The Kier molecular flexibility index (Phi) is 5.99. The maximum Gasteiger partial charge on any atom is 0.252 e. The number of benzene rings is 1. The van der Waals surface area contributed by atoms with Crippen LogP contribution in [0.25, 0.3) is 0 Å². The van der Waals surface area contributed by atoms with Crippen LogP contribution in [-0.4, -0.2) is 30.1 Å². The predicted octanol–water partition coefficient (Wildman–Crippen LogP) is 3.06. The number of aryl methyl sites for hydroxylation is 1. The Labute approximate surface area is 163 Å². The summed E-state index contributed by atoms with van der Waals surface area (Å²) in [7, 11) is 1.57. The molecule has 7 nitrogen and oxygen atoms in total. The van der Waals surface area contributed by atoms with Gasteiger partial charge in [-0.1, -0.05) is 12.8 Å². The van der Waals surface area contributed by atoms with Crippen LogP contribution < -0.4 is 26.8 Å². The maximum atomic E-state index is 14.6. The molecule has 3 rings (SSSR count). The van der Waals surface area contributed by atoms with E-state index in [2.05, 4.69) is 15.6 Å². The molecular weight excluding hydrogens is 361 g/mol. The third-order valence-electron chi connectivity index (χ3n) is 4.93. The molecule has 0 aliphatic heterocycles. The number of primary amides is 1. The summed E-state index contributed by atoms with van der Waals surface area (Å²) in [4.78, 5) is 16.1. The topological polar surface area (TPSA) is 115 Å². The van der Waals surface area contributed by atoms with Crippen LogP contribution in [0.3, 0.4) is 0 Å². The second-order valence-corrected chi connectivity index (χ2v) is 7.14. The van der Waals surface area contributed by atoms with Gasteiger partial charge in [0.25, 0.3) is 5.91 Å². The van der Waals surface area contributed by atoms with Gasteiger partial charge in [-0.2, -0.15) is 0 Å². The number of nitrogens with one attached hydrogen (secondary N) is 2. The average Bonchev–Trinajstić information content (AvgIpc) is 2.65. The van der Waals surface area contributed by atoms with Crippen molar-refractivity contribution >= 4 is 23.2 Å². The molecule has 1 saturated carbocycles. The Morgan fingerprint density at radius 1 is 1.21 bits per heavy atom. The van der Waals surface area contributed by atoms with Gasteiger partial charge in [0, 0.05) is 23.8 Å². The van der Waals surface area contributed by atoms with Gasteiger partial charge in [0.15, 0.2) is 11.6 Å². The quantitative estimate of drug-likeness (QED) is 0.605. The summed E-state index contributed by atoms with van der Waals surface area (Å²) in [6.07, 6.45) is 3.82. The summed E-state index contributed by atoms with van der Waals surface area (Å²) in [5.74, 6) is -0.534. The third kappa shape index (κ3) is 4.51. The first-order valence-corrected chi connectivity index (χ1v) is 9.32. The first-order valence-electron chi connectivity index (χ1n) is 9.32. The lowest BCUT2D eigenvalue weighted by molar-refractivity contribution is 0.100. The van der Waals surface area contributed by atoms with Crippen molar-refractivity contribution in [3.63, 3.8) is 0 Å². The minimum absolute atomic E-state index is 0.0311. The molecule has 0 unspecified atom stereocenters. The molecule has 8 heteroatoms. The molecule has 1 aromatic heterocycles. The van der Waals surface area contributed by atoms with Gasteiger partial charge in [0.05, 0.1) is 12.7 Å². The number of carbonyl (C=O) groups is 1. The standard InChI is InChI=1S/C20H26FN5O2/c1-11-7-12(9-13(8-11)28-2)24-19-14(18(23)27)10-15(21)20(26-19)25-17-6-4-3-5-16(17)22/h7-10,16-17H,3-6,22H2,1-2H3,(H2,23,27)(H2,24,25,26)/t16-,17+/m1/s1. The highest BCUT2D eigenvalue weighted by atomic mass is 19.1. The zero-order valence-electron chi connectivity index (χ0n) is 16.1. The fourth-order valence-corrected chi connectivity index (χ4v) is 3.46. The van der Waals surface area contributed by atoms with Gasteiger partial charge in [-0.25, -0.2) is 9.37 Å². The summed E-state index contributed by atoms with van der Waals surface area (Å²) >= 11 is 0. The van der Waals surface area contributed by atoms with E-state index in [4.69, 9.17) is 16.2 Å². The maximum absolute atomic E-state index is 14.6. The molecule has 1 aromatic carbocycles. The molecule has 1 amide bonds. The number of halogens is 1. The lowest BCUT2D eigenvalue weighted by Crippen LogP contribution is -2.43. The van der Waals surface area contributed by atoms with E-state index in [1.54, 1.807) is 13.2 Å². The Bertz CT molecular complexity index is 874. The molecule has 0 saturated heterocycles. The largest absolute Gasteiger partial charge is 0.497 e. The molecule has 1 heterocycles. The summed E-state index contributed by atoms with van der Waals surface area (Å²) < 4.78 is 19.8. The molecule has 1 aliphatic carbocycles. The van der Waals surface area contributed by atoms with E-state index < -0.39 is 11.7 Å². The summed E-state index contributed by atoms with van der Waals surface area (Å²) in [6.45, 7) is 1.91. The number of methoxy groups -OCH3 is 1. The Morgan fingerprint density at radius 3 is 2.64 bits per heavy atom. The molecule has 1 aliphatic rings. The van der Waals surface area contributed by atoms with Crippen LogP contribution >= 0.6 is 0 Å². The number of pyridine rings is 1. The van der Waals surface area contributed by atoms with Crippen LogP contribution in [0.4, 0.5) is 21.7 Å². The van der Waals surface area contributed by atoms with Crippen LogP contribution in [0, 0.1) is 12.7 Å². The van der Waals surface area contributed by atoms with Gasteiger partial charge in [0.2, 0.25) is 0 Å². The van der Waals surface area contributed by atoms with E-state index in [0.717, 1.165) is 37.3 Å². The van der Waals surface area contributed by atoms with Gasteiger partial charge in [-0.3, -0.25) is 4.79 Å². The summed E-state index contributed by atoms with van der Waals surface area (Å²) in [6, 6.07) is 6.46. The molecule has 1 fully saturated rings. The normalized spacial score (nSPS) is 19.1. The van der Waals surface area contributed by atoms with Crippen molar-refractivity contribution in [3.05, 3.63) is 41.2 Å². The second kappa shape index (κ2) is 8.43. The third-order valence-corrected chi connectivity index (χ3v) is 4.93. The number of hydrogen-bond donors (Lipinski definition) is 4. The molecule has 28 heavy (non-hydrogen) atoms. The fraction of sp³-hybridized carbons (Fsp3) is 0.400. The highest BCUT2D eigenvalue weighted by Crippen LogP contribution is 2.28. The Hall–Kier alpha value is -2.87. The highest BCUT2D eigenvalue weighted by molar-refractivity contribution is 5.98. The van der Waals surface area contributed by atoms with Crippen molar-refractivity contribution in [3.8, 4) is 5.75 Å². The van der Waals surface area contributed by atoms with Crippen LogP contribution in [0.2, 0.25) is 0 Å². The SMILES string of the molecule is COc1cc(C)cc(Nc2nc(N[C@H]3CCCC[C@H]3N)c(F)cc2C(N)=O)c1. The number of anilines is 3. The number of nitrogens with zero attached hydrogens (tertiary/aromatic N) is 1. The molecule has 0 bridgehead atoms. The van der Waals surface area contributed by atoms with Gasteiger partial charge < -0.3 is 26.8 Å². The van der Waals surface area contributed by atoms with E-state index in [1.165, 1.54) is 0 Å². The van der Waals surface area contributed by atoms with Gasteiger partial charge >= 0.3 is 0 Å². The minimum Gasteiger partial charge on any atom is -0.497 e. The van der Waals surface area contributed by atoms with Crippen molar-refractivity contribution in [2.45, 2.75) is 44.7 Å². The fourth-order valence-electron chi connectivity index (χ4n) is 3.46.